The van der Waals surface area contributed by atoms with Crippen LogP contribution in [0.25, 0.3) is 0 Å². The maximum atomic E-state index is 13.0. The zero-order valence-corrected chi connectivity index (χ0v) is 7.37. The number of aliphatic hydroxyl groups is 1. The zero-order chi connectivity index (χ0) is 10.1. The third-order valence-electron chi connectivity index (χ3n) is 2.26. The highest BCUT2D eigenvalue weighted by molar-refractivity contribution is 5.37. The third-order valence-corrected chi connectivity index (χ3v) is 2.26. The van der Waals surface area contributed by atoms with Gasteiger partial charge < -0.3 is 10.4 Å². The SMILES string of the molecule is OC1CC(Nc2ncc(F)cc2F)C1. The molecular formula is C9H10F2N2O. The van der Waals surface area contributed by atoms with Crippen molar-refractivity contribution in [3.05, 3.63) is 23.9 Å². The van der Waals surface area contributed by atoms with Crippen molar-refractivity contribution in [1.29, 1.82) is 0 Å². The van der Waals surface area contributed by atoms with Crippen molar-refractivity contribution in [2.45, 2.75) is 25.0 Å². The number of hydrogen-bond acceptors (Lipinski definition) is 3. The molecule has 76 valence electrons. The Hall–Kier alpha value is -1.23. The largest absolute Gasteiger partial charge is 0.393 e. The van der Waals surface area contributed by atoms with E-state index in [9.17, 15) is 8.78 Å². The maximum absolute atomic E-state index is 13.0. The van der Waals surface area contributed by atoms with E-state index >= 15 is 0 Å². The fraction of sp³-hybridized carbons (Fsp3) is 0.444. The second-order valence-corrected chi connectivity index (χ2v) is 3.45. The van der Waals surface area contributed by atoms with E-state index in [1.165, 1.54) is 0 Å². The average molecular weight is 200 g/mol. The maximum Gasteiger partial charge on any atom is 0.168 e. The van der Waals surface area contributed by atoms with Crippen LogP contribution in [0.2, 0.25) is 0 Å². The van der Waals surface area contributed by atoms with E-state index in [1.807, 2.05) is 0 Å². The lowest BCUT2D eigenvalue weighted by Gasteiger charge is -2.32. The van der Waals surface area contributed by atoms with Crippen LogP contribution >= 0.6 is 0 Å². The van der Waals surface area contributed by atoms with Gasteiger partial charge in [0.15, 0.2) is 11.6 Å². The monoisotopic (exact) mass is 200 g/mol. The summed E-state index contributed by atoms with van der Waals surface area (Å²) < 4.78 is 25.5. The molecule has 1 aromatic rings. The standard InChI is InChI=1S/C9H10F2N2O/c10-5-1-8(11)9(12-4-5)13-6-2-7(14)3-6/h1,4,6-7,14H,2-3H2,(H,12,13). The molecule has 0 radical (unpaired) electrons. The zero-order valence-electron chi connectivity index (χ0n) is 7.37. The number of nitrogens with one attached hydrogen (secondary N) is 1. The van der Waals surface area contributed by atoms with Crippen molar-refractivity contribution in [3.63, 3.8) is 0 Å². The van der Waals surface area contributed by atoms with E-state index in [4.69, 9.17) is 5.11 Å². The summed E-state index contributed by atoms with van der Waals surface area (Å²) in [4.78, 5) is 3.58. The molecule has 0 bridgehead atoms. The van der Waals surface area contributed by atoms with Gasteiger partial charge in [-0.05, 0) is 12.8 Å². The first-order chi connectivity index (χ1) is 6.65. The number of aromatic nitrogens is 1. The molecule has 1 aromatic heterocycles. The predicted octanol–water partition coefficient (Wildman–Crippen LogP) is 1.29. The highest BCUT2D eigenvalue weighted by atomic mass is 19.1. The van der Waals surface area contributed by atoms with E-state index in [1.54, 1.807) is 0 Å². The topological polar surface area (TPSA) is 45.1 Å². The Morgan fingerprint density at radius 1 is 1.43 bits per heavy atom. The normalized spacial score (nSPS) is 25.6. The van der Waals surface area contributed by atoms with Gasteiger partial charge in [-0.25, -0.2) is 13.8 Å². The third kappa shape index (κ3) is 1.82. The lowest BCUT2D eigenvalue weighted by atomic mass is 9.89. The van der Waals surface area contributed by atoms with Crippen molar-refractivity contribution in [1.82, 2.24) is 4.98 Å². The van der Waals surface area contributed by atoms with Crippen LogP contribution in [0.4, 0.5) is 14.6 Å². The molecule has 0 aromatic carbocycles. The smallest absolute Gasteiger partial charge is 0.168 e. The summed E-state index contributed by atoms with van der Waals surface area (Å²) in [5.41, 5.74) is 0. The number of aliphatic hydroxyl groups excluding tert-OH is 1. The average Bonchev–Trinajstić information content (AvgIpc) is 2.06. The van der Waals surface area contributed by atoms with E-state index in [0.29, 0.717) is 12.8 Å². The van der Waals surface area contributed by atoms with Crippen molar-refractivity contribution < 1.29 is 13.9 Å². The van der Waals surface area contributed by atoms with E-state index < -0.39 is 11.6 Å². The van der Waals surface area contributed by atoms with Crippen LogP contribution in [-0.4, -0.2) is 22.2 Å². The first kappa shape index (κ1) is 9.33. The van der Waals surface area contributed by atoms with Crippen molar-refractivity contribution in [2.24, 2.45) is 0 Å². The van der Waals surface area contributed by atoms with Gasteiger partial charge in [-0.2, -0.15) is 0 Å². The van der Waals surface area contributed by atoms with E-state index in [0.717, 1.165) is 12.3 Å². The Kier molecular flexibility index (Phi) is 2.33. The van der Waals surface area contributed by atoms with Gasteiger partial charge in [-0.3, -0.25) is 0 Å². The van der Waals surface area contributed by atoms with Crippen LogP contribution in [0.1, 0.15) is 12.8 Å². The van der Waals surface area contributed by atoms with Gasteiger partial charge in [0.1, 0.15) is 5.82 Å². The molecule has 0 spiro atoms. The van der Waals surface area contributed by atoms with Crippen molar-refractivity contribution in [3.8, 4) is 0 Å². The minimum atomic E-state index is -0.702. The summed E-state index contributed by atoms with van der Waals surface area (Å²) in [6.45, 7) is 0. The summed E-state index contributed by atoms with van der Waals surface area (Å²) in [5, 5.41) is 11.8. The van der Waals surface area contributed by atoms with E-state index in [-0.39, 0.29) is 18.0 Å². The molecular weight excluding hydrogens is 190 g/mol. The molecule has 1 heterocycles. The molecule has 0 aliphatic heterocycles. The Morgan fingerprint density at radius 2 is 2.14 bits per heavy atom. The Bertz CT molecular complexity index is 340. The number of anilines is 1. The van der Waals surface area contributed by atoms with Crippen molar-refractivity contribution >= 4 is 5.82 Å². The summed E-state index contributed by atoms with van der Waals surface area (Å²) in [5.74, 6) is -1.35. The summed E-state index contributed by atoms with van der Waals surface area (Å²) in [6.07, 6.45) is 1.81. The molecule has 1 aliphatic carbocycles. The minimum absolute atomic E-state index is 0.0393. The molecule has 2 rings (SSSR count). The number of nitrogens with zero attached hydrogens (tertiary/aromatic N) is 1. The molecule has 1 saturated carbocycles. The lowest BCUT2D eigenvalue weighted by molar-refractivity contribution is 0.0834. The van der Waals surface area contributed by atoms with Crippen molar-refractivity contribution in [2.75, 3.05) is 5.32 Å². The lowest BCUT2D eigenvalue weighted by Crippen LogP contribution is -2.39. The van der Waals surface area contributed by atoms with Crippen LogP contribution in [-0.2, 0) is 0 Å². The first-order valence-electron chi connectivity index (χ1n) is 4.41. The predicted molar refractivity (Wildman–Crippen MR) is 46.8 cm³/mol. The molecule has 0 unspecified atom stereocenters. The molecule has 1 aliphatic rings. The quantitative estimate of drug-likeness (QED) is 0.756. The van der Waals surface area contributed by atoms with Gasteiger partial charge in [0.2, 0.25) is 0 Å². The molecule has 14 heavy (non-hydrogen) atoms. The Balaban J connectivity index is 2.02. The molecule has 2 N–H and O–H groups in total. The van der Waals surface area contributed by atoms with Crippen LogP contribution in [0.3, 0.4) is 0 Å². The van der Waals surface area contributed by atoms with E-state index in [2.05, 4.69) is 10.3 Å². The van der Waals surface area contributed by atoms with Gasteiger partial charge in [-0.1, -0.05) is 0 Å². The molecule has 5 heteroatoms. The van der Waals surface area contributed by atoms with Crippen LogP contribution in [0.15, 0.2) is 12.3 Å². The highest BCUT2D eigenvalue weighted by Gasteiger charge is 2.27. The summed E-state index contributed by atoms with van der Waals surface area (Å²) in [7, 11) is 0. The van der Waals surface area contributed by atoms with Gasteiger partial charge in [0.25, 0.3) is 0 Å². The van der Waals surface area contributed by atoms with Crippen LogP contribution in [0, 0.1) is 11.6 Å². The fourth-order valence-corrected chi connectivity index (χ4v) is 1.42. The Morgan fingerprint density at radius 3 is 2.71 bits per heavy atom. The molecule has 3 nitrogen and oxygen atoms in total. The molecule has 1 fully saturated rings. The number of rotatable bonds is 2. The minimum Gasteiger partial charge on any atom is -0.393 e. The van der Waals surface area contributed by atoms with Crippen LogP contribution in [0.5, 0.6) is 0 Å². The Labute approximate surface area is 79.8 Å². The number of halogens is 2. The summed E-state index contributed by atoms with van der Waals surface area (Å²) >= 11 is 0. The van der Waals surface area contributed by atoms with Crippen LogP contribution < -0.4 is 5.32 Å². The first-order valence-corrected chi connectivity index (χ1v) is 4.41. The second kappa shape index (κ2) is 3.49. The second-order valence-electron chi connectivity index (χ2n) is 3.45. The number of pyridine rings is 1. The number of hydrogen-bond donors (Lipinski definition) is 2. The highest BCUT2D eigenvalue weighted by Crippen LogP contribution is 2.24. The van der Waals surface area contributed by atoms with Gasteiger partial charge >= 0.3 is 0 Å². The van der Waals surface area contributed by atoms with Gasteiger partial charge in [0, 0.05) is 12.1 Å². The molecule has 0 saturated heterocycles. The van der Waals surface area contributed by atoms with Gasteiger partial charge in [-0.15, -0.1) is 0 Å². The molecule has 0 atom stereocenters. The summed E-state index contributed by atoms with van der Waals surface area (Å²) in [6, 6.07) is 0.821. The van der Waals surface area contributed by atoms with Gasteiger partial charge in [0.05, 0.1) is 12.3 Å². The fourth-order valence-electron chi connectivity index (χ4n) is 1.42. The molecule has 0 amide bonds.